The third kappa shape index (κ3) is 4.86. The Balaban J connectivity index is 1.47. The van der Waals surface area contributed by atoms with Crippen molar-refractivity contribution < 1.29 is 17.9 Å². The van der Waals surface area contributed by atoms with Crippen LogP contribution in [0.4, 0.5) is 5.69 Å². The van der Waals surface area contributed by atoms with Crippen molar-refractivity contribution >= 4 is 37.5 Å². The number of amides is 1. The number of nitrogens with one attached hydrogen (secondary N) is 1. The lowest BCUT2D eigenvalue weighted by Crippen LogP contribution is -2.37. The Hall–Kier alpha value is -2.06. The van der Waals surface area contributed by atoms with E-state index in [2.05, 4.69) is 21.2 Å². The van der Waals surface area contributed by atoms with E-state index in [1.54, 1.807) is 7.11 Å². The van der Waals surface area contributed by atoms with Crippen molar-refractivity contribution in [2.24, 2.45) is 0 Å². The predicted octanol–water partition coefficient (Wildman–Crippen LogP) is 2.90. The Morgan fingerprint density at radius 3 is 2.79 bits per heavy atom. The minimum absolute atomic E-state index is 0.103. The molecule has 2 aromatic rings. The molecular formula is C20H23BrN2O4S. The summed E-state index contributed by atoms with van der Waals surface area (Å²) in [4.78, 5) is 12.1. The summed E-state index contributed by atoms with van der Waals surface area (Å²) in [6, 6.07) is 13.2. The van der Waals surface area contributed by atoms with E-state index in [4.69, 9.17) is 4.74 Å². The van der Waals surface area contributed by atoms with Crippen LogP contribution >= 0.6 is 15.9 Å². The monoisotopic (exact) mass is 466 g/mol. The van der Waals surface area contributed by atoms with E-state index in [0.717, 1.165) is 33.5 Å². The minimum atomic E-state index is -3.45. The van der Waals surface area contributed by atoms with Crippen molar-refractivity contribution in [1.82, 2.24) is 5.32 Å². The van der Waals surface area contributed by atoms with Crippen LogP contribution in [-0.4, -0.2) is 40.3 Å². The number of methoxy groups -OCH3 is 1. The summed E-state index contributed by atoms with van der Waals surface area (Å²) in [5.41, 5.74) is 2.80. The van der Waals surface area contributed by atoms with Gasteiger partial charge in [-0.2, -0.15) is 0 Å². The van der Waals surface area contributed by atoms with Crippen LogP contribution < -0.4 is 14.4 Å². The molecule has 0 aliphatic carbocycles. The summed E-state index contributed by atoms with van der Waals surface area (Å²) in [6.07, 6.45) is 1.59. The summed E-state index contributed by atoms with van der Waals surface area (Å²) >= 11 is 3.42. The minimum Gasteiger partial charge on any atom is -0.496 e. The number of ether oxygens (including phenoxy) is 1. The highest BCUT2D eigenvalue weighted by Gasteiger charge is 2.28. The van der Waals surface area contributed by atoms with Crippen LogP contribution in [0.15, 0.2) is 46.9 Å². The molecule has 28 heavy (non-hydrogen) atoms. The number of para-hydroxylation sites is 1. The second-order valence-corrected chi connectivity index (χ2v) is 9.45. The molecule has 1 aliphatic rings. The van der Waals surface area contributed by atoms with Crippen molar-refractivity contribution in [2.45, 2.75) is 19.3 Å². The number of hydrogen-bond donors (Lipinski definition) is 1. The molecular weight excluding hydrogens is 444 g/mol. The van der Waals surface area contributed by atoms with Gasteiger partial charge >= 0.3 is 0 Å². The quantitative estimate of drug-likeness (QED) is 0.648. The number of nitrogens with zero attached hydrogens (tertiary/aromatic N) is 1. The van der Waals surface area contributed by atoms with E-state index >= 15 is 0 Å². The lowest BCUT2D eigenvalue weighted by molar-refractivity contribution is -0.120. The summed E-state index contributed by atoms with van der Waals surface area (Å²) in [6.45, 7) is 0.564. The van der Waals surface area contributed by atoms with Gasteiger partial charge in [-0.1, -0.05) is 24.3 Å². The largest absolute Gasteiger partial charge is 0.496 e. The Labute approximate surface area is 174 Å². The van der Waals surface area contributed by atoms with Crippen LogP contribution in [0.3, 0.4) is 0 Å². The maximum absolute atomic E-state index is 12.6. The van der Waals surface area contributed by atoms with Gasteiger partial charge in [-0.15, -0.1) is 0 Å². The molecule has 0 spiro atoms. The van der Waals surface area contributed by atoms with Crippen LogP contribution in [0.5, 0.6) is 5.75 Å². The average molecular weight is 467 g/mol. The normalized spacial score (nSPS) is 13.3. The summed E-state index contributed by atoms with van der Waals surface area (Å²) in [5, 5.41) is 2.71. The average Bonchev–Trinajstić information content (AvgIpc) is 3.11. The zero-order valence-corrected chi connectivity index (χ0v) is 18.1. The molecule has 0 radical (unpaired) electrons. The highest BCUT2D eigenvalue weighted by atomic mass is 79.9. The zero-order chi connectivity index (χ0) is 20.1. The van der Waals surface area contributed by atoms with E-state index in [-0.39, 0.29) is 18.2 Å². The smallest absolute Gasteiger partial charge is 0.236 e. The van der Waals surface area contributed by atoms with Gasteiger partial charge in [0.15, 0.2) is 0 Å². The number of halogens is 1. The standard InChI is InChI=1S/C20H23BrN2O4S/c1-27-19-8-6-15(14-17(19)21)7-9-20(24)22-11-13-28(25,26)23-12-10-16-4-2-3-5-18(16)23/h2-6,8,14H,7,9-13H2,1H3,(H,22,24). The molecule has 0 saturated carbocycles. The third-order valence-corrected chi connectivity index (χ3v) is 7.11. The summed E-state index contributed by atoms with van der Waals surface area (Å²) < 4.78 is 32.7. The second kappa shape index (κ2) is 8.96. The third-order valence-electron chi connectivity index (χ3n) is 4.72. The Kier molecular flexibility index (Phi) is 6.61. The molecule has 0 unspecified atom stereocenters. The van der Waals surface area contributed by atoms with Crippen molar-refractivity contribution in [3.8, 4) is 5.75 Å². The fraction of sp³-hybridized carbons (Fsp3) is 0.350. The number of sulfonamides is 1. The van der Waals surface area contributed by atoms with Gasteiger partial charge in [-0.05, 0) is 58.1 Å². The molecule has 0 bridgehead atoms. The van der Waals surface area contributed by atoms with Crippen LogP contribution in [0.25, 0.3) is 0 Å². The number of carbonyl (C=O) groups excluding carboxylic acids is 1. The highest BCUT2D eigenvalue weighted by Crippen LogP contribution is 2.30. The van der Waals surface area contributed by atoms with E-state index < -0.39 is 10.0 Å². The number of carbonyl (C=O) groups is 1. The van der Waals surface area contributed by atoms with Crippen molar-refractivity contribution in [3.63, 3.8) is 0 Å². The first-order valence-electron chi connectivity index (χ1n) is 9.08. The topological polar surface area (TPSA) is 75.7 Å². The zero-order valence-electron chi connectivity index (χ0n) is 15.7. The van der Waals surface area contributed by atoms with E-state index in [1.165, 1.54) is 4.31 Å². The lowest BCUT2D eigenvalue weighted by Gasteiger charge is -2.19. The van der Waals surface area contributed by atoms with Crippen LogP contribution in [-0.2, 0) is 27.7 Å². The van der Waals surface area contributed by atoms with E-state index in [9.17, 15) is 13.2 Å². The first-order chi connectivity index (χ1) is 13.4. The summed E-state index contributed by atoms with van der Waals surface area (Å²) in [5.74, 6) is 0.465. The molecule has 2 aromatic carbocycles. The van der Waals surface area contributed by atoms with Crippen molar-refractivity contribution in [2.75, 3.05) is 30.3 Å². The fourth-order valence-corrected chi connectivity index (χ4v) is 5.25. The Bertz CT molecular complexity index is 962. The van der Waals surface area contributed by atoms with Crippen molar-refractivity contribution in [3.05, 3.63) is 58.1 Å². The molecule has 8 heteroatoms. The fourth-order valence-electron chi connectivity index (χ4n) is 3.24. The maximum atomic E-state index is 12.6. The van der Waals surface area contributed by atoms with Gasteiger partial charge in [0.05, 0.1) is 23.0 Å². The first kappa shape index (κ1) is 20.7. The Morgan fingerprint density at radius 1 is 1.25 bits per heavy atom. The number of aryl methyl sites for hydroxylation is 1. The van der Waals surface area contributed by atoms with E-state index in [1.807, 2.05) is 42.5 Å². The number of benzene rings is 2. The SMILES string of the molecule is COc1ccc(CCC(=O)NCCS(=O)(=O)N2CCc3ccccc32)cc1Br. The van der Waals surface area contributed by atoms with Crippen molar-refractivity contribution in [1.29, 1.82) is 0 Å². The number of fused-ring (bicyclic) bond motifs is 1. The lowest BCUT2D eigenvalue weighted by atomic mass is 10.1. The van der Waals surface area contributed by atoms with E-state index in [0.29, 0.717) is 19.4 Å². The molecule has 1 N–H and O–H groups in total. The Morgan fingerprint density at radius 2 is 2.04 bits per heavy atom. The van der Waals surface area contributed by atoms with Gasteiger partial charge in [0, 0.05) is 19.5 Å². The summed E-state index contributed by atoms with van der Waals surface area (Å²) in [7, 11) is -1.85. The molecule has 0 atom stereocenters. The molecule has 1 aliphatic heterocycles. The molecule has 0 aromatic heterocycles. The number of rotatable bonds is 8. The van der Waals surface area contributed by atoms with Gasteiger partial charge in [-0.25, -0.2) is 8.42 Å². The molecule has 1 heterocycles. The molecule has 0 fully saturated rings. The van der Waals surface area contributed by atoms with Gasteiger partial charge in [0.2, 0.25) is 15.9 Å². The van der Waals surface area contributed by atoms with Gasteiger partial charge < -0.3 is 10.1 Å². The molecule has 150 valence electrons. The second-order valence-electron chi connectivity index (χ2n) is 6.59. The van der Waals surface area contributed by atoms with Crippen LogP contribution in [0, 0.1) is 0 Å². The molecule has 3 rings (SSSR count). The molecule has 1 amide bonds. The van der Waals surface area contributed by atoms with Gasteiger partial charge in [0.1, 0.15) is 5.75 Å². The number of anilines is 1. The molecule has 0 saturated heterocycles. The first-order valence-corrected chi connectivity index (χ1v) is 11.5. The highest BCUT2D eigenvalue weighted by molar-refractivity contribution is 9.10. The number of hydrogen-bond acceptors (Lipinski definition) is 4. The van der Waals surface area contributed by atoms with Crippen LogP contribution in [0.1, 0.15) is 17.5 Å². The molecule has 6 nitrogen and oxygen atoms in total. The van der Waals surface area contributed by atoms with Gasteiger partial charge in [-0.3, -0.25) is 9.10 Å². The van der Waals surface area contributed by atoms with Crippen LogP contribution in [0.2, 0.25) is 0 Å². The van der Waals surface area contributed by atoms with Gasteiger partial charge in [0.25, 0.3) is 0 Å². The maximum Gasteiger partial charge on any atom is 0.236 e. The predicted molar refractivity (Wildman–Crippen MR) is 113 cm³/mol.